The van der Waals surface area contributed by atoms with E-state index in [0.717, 1.165) is 49.2 Å². The zero-order chi connectivity index (χ0) is 24.5. The van der Waals surface area contributed by atoms with Crippen molar-refractivity contribution in [1.82, 2.24) is 19.8 Å². The summed E-state index contributed by atoms with van der Waals surface area (Å²) in [7, 11) is 1.68. The van der Waals surface area contributed by atoms with Gasteiger partial charge in [0.2, 0.25) is 0 Å². The fraction of sp³-hybridized carbons (Fsp3) is 0.586. The third kappa shape index (κ3) is 4.85. The molecule has 1 amide bonds. The summed E-state index contributed by atoms with van der Waals surface area (Å²) in [5.74, 6) is 2.17. The third-order valence-corrected chi connectivity index (χ3v) is 8.39. The minimum absolute atomic E-state index is 0.152. The van der Waals surface area contributed by atoms with E-state index in [0.29, 0.717) is 35.2 Å². The molecule has 0 spiro atoms. The molecular weight excluding hydrogens is 436 g/mol. The zero-order valence-electron chi connectivity index (χ0n) is 21.7. The van der Waals surface area contributed by atoms with E-state index in [9.17, 15) is 4.79 Å². The number of aromatic nitrogens is 2. The Balaban J connectivity index is 1.38. The number of hydrogen-bond donors (Lipinski definition) is 1. The first kappa shape index (κ1) is 24.0. The molecule has 3 unspecified atom stereocenters. The van der Waals surface area contributed by atoms with Crippen LogP contribution < -0.4 is 4.74 Å². The minimum atomic E-state index is 0.152. The van der Waals surface area contributed by atoms with Crippen LogP contribution in [0.4, 0.5) is 0 Å². The summed E-state index contributed by atoms with van der Waals surface area (Å²) >= 11 is 0. The van der Waals surface area contributed by atoms with Gasteiger partial charge < -0.3 is 19.5 Å². The van der Waals surface area contributed by atoms with Crippen molar-refractivity contribution in [1.29, 1.82) is 0 Å². The Bertz CT molecular complexity index is 1060. The van der Waals surface area contributed by atoms with Crippen molar-refractivity contribution >= 4 is 12.0 Å². The first-order chi connectivity index (χ1) is 16.9. The highest BCUT2D eigenvalue weighted by atomic mass is 16.5. The smallest absolute Gasteiger partial charge is 0.258 e. The van der Waals surface area contributed by atoms with E-state index in [1.807, 2.05) is 12.1 Å². The number of H-pyrrole nitrogens is 1. The van der Waals surface area contributed by atoms with Gasteiger partial charge in [-0.2, -0.15) is 0 Å². The monoisotopic (exact) mass is 476 g/mol. The molecule has 2 heterocycles. The van der Waals surface area contributed by atoms with E-state index >= 15 is 0 Å². The van der Waals surface area contributed by atoms with Gasteiger partial charge in [0.25, 0.3) is 5.91 Å². The first-order valence-electron chi connectivity index (χ1n) is 13.4. The van der Waals surface area contributed by atoms with Crippen LogP contribution in [0.5, 0.6) is 5.75 Å². The number of carbonyl (C=O) groups excluding carboxylic acids is 1. The van der Waals surface area contributed by atoms with Crippen LogP contribution in [0.1, 0.15) is 99.1 Å². The molecule has 2 saturated carbocycles. The highest BCUT2D eigenvalue weighted by Crippen LogP contribution is 2.38. The number of aromatic amines is 1. The molecule has 2 aliphatic carbocycles. The number of nitrogens with one attached hydrogen (secondary N) is 1. The molecule has 0 bridgehead atoms. The van der Waals surface area contributed by atoms with E-state index in [1.165, 1.54) is 19.3 Å². The third-order valence-electron chi connectivity index (χ3n) is 8.39. The van der Waals surface area contributed by atoms with Gasteiger partial charge >= 0.3 is 0 Å². The number of fused-ring (bicyclic) bond motifs is 1. The molecule has 1 aromatic heterocycles. The molecule has 3 atom stereocenters. The second-order valence-electron chi connectivity index (χ2n) is 11.1. The number of nitrogens with zero attached hydrogens (tertiary/aromatic N) is 3. The van der Waals surface area contributed by atoms with Gasteiger partial charge in [0, 0.05) is 24.8 Å². The van der Waals surface area contributed by atoms with Gasteiger partial charge in [-0.3, -0.25) is 4.79 Å². The van der Waals surface area contributed by atoms with E-state index < -0.39 is 0 Å². The number of imidazole rings is 1. The molecule has 0 saturated heterocycles. The quantitative estimate of drug-likeness (QED) is 0.541. The van der Waals surface area contributed by atoms with Gasteiger partial charge in [-0.15, -0.1) is 0 Å². The summed E-state index contributed by atoms with van der Waals surface area (Å²) in [6.07, 6.45) is 14.1. The van der Waals surface area contributed by atoms with Gasteiger partial charge in [0.15, 0.2) is 0 Å². The first-order valence-corrected chi connectivity index (χ1v) is 13.4. The standard InChI is InChI=1S/C29H40N4O2/c1-19-13-20(2)15-24(14-19)33(23-7-5-6-8-23)29(34)25-10-9-22(16-27(25)35-4)17-32-12-11-26-28(21(32)3)31-18-30-26/h9-12,16,18-21,23-24H,5-8,13-15,17H2,1-4H3,(H,30,31). The van der Waals surface area contributed by atoms with Crippen LogP contribution in [0.15, 0.2) is 30.7 Å². The lowest BCUT2D eigenvalue weighted by Gasteiger charge is -2.42. The summed E-state index contributed by atoms with van der Waals surface area (Å²) in [4.78, 5) is 26.3. The Hall–Kier alpha value is -2.76. The molecule has 35 heavy (non-hydrogen) atoms. The Labute approximate surface area is 209 Å². The Morgan fingerprint density at radius 3 is 2.57 bits per heavy atom. The van der Waals surface area contributed by atoms with Crippen LogP contribution in [0.3, 0.4) is 0 Å². The number of ether oxygens (including phenoxy) is 1. The SMILES string of the molecule is COc1cc(CN2C=Cc3[nH]cnc3C2C)ccc1C(=O)N(C1CCCC1)C1CC(C)CC(C)C1. The van der Waals surface area contributed by atoms with Crippen molar-refractivity contribution in [3.8, 4) is 5.75 Å². The van der Waals surface area contributed by atoms with E-state index in [-0.39, 0.29) is 11.9 Å². The Morgan fingerprint density at radius 2 is 1.86 bits per heavy atom. The molecular formula is C29H40N4O2. The molecule has 2 aromatic rings. The molecule has 6 heteroatoms. The van der Waals surface area contributed by atoms with Crippen LogP contribution in [-0.2, 0) is 6.54 Å². The minimum Gasteiger partial charge on any atom is -0.496 e. The highest BCUT2D eigenvalue weighted by molar-refractivity contribution is 5.97. The van der Waals surface area contributed by atoms with Crippen LogP contribution in [0, 0.1) is 11.8 Å². The summed E-state index contributed by atoms with van der Waals surface area (Å²) in [6, 6.07) is 7.00. The lowest BCUT2D eigenvalue weighted by Crippen LogP contribution is -2.49. The number of carbonyl (C=O) groups is 1. The van der Waals surface area contributed by atoms with Crippen LogP contribution in [0.25, 0.3) is 6.08 Å². The lowest BCUT2D eigenvalue weighted by molar-refractivity contribution is 0.0426. The van der Waals surface area contributed by atoms with E-state index in [1.54, 1.807) is 13.4 Å². The van der Waals surface area contributed by atoms with E-state index in [2.05, 4.69) is 58.9 Å². The van der Waals surface area contributed by atoms with E-state index in [4.69, 9.17) is 4.74 Å². The maximum atomic E-state index is 14.1. The maximum absolute atomic E-state index is 14.1. The number of rotatable bonds is 6. The molecule has 3 aliphatic rings. The second kappa shape index (κ2) is 10.1. The maximum Gasteiger partial charge on any atom is 0.258 e. The summed E-state index contributed by atoms with van der Waals surface area (Å²) in [5.41, 5.74) is 3.96. The van der Waals surface area contributed by atoms with Crippen LogP contribution in [-0.4, -0.2) is 44.9 Å². The predicted octanol–water partition coefficient (Wildman–Crippen LogP) is 6.18. The van der Waals surface area contributed by atoms with Crippen LogP contribution in [0.2, 0.25) is 0 Å². The van der Waals surface area contributed by atoms with Crippen molar-refractivity contribution in [2.75, 3.05) is 7.11 Å². The molecule has 188 valence electrons. The van der Waals surface area contributed by atoms with Gasteiger partial charge in [-0.25, -0.2) is 4.98 Å². The van der Waals surface area contributed by atoms with Crippen molar-refractivity contribution in [2.24, 2.45) is 11.8 Å². The summed E-state index contributed by atoms with van der Waals surface area (Å²) in [6.45, 7) is 7.59. The predicted molar refractivity (Wildman–Crippen MR) is 139 cm³/mol. The lowest BCUT2D eigenvalue weighted by atomic mass is 9.79. The number of benzene rings is 1. The molecule has 5 rings (SSSR count). The normalized spacial score (nSPS) is 26.6. The number of methoxy groups -OCH3 is 1. The van der Waals surface area contributed by atoms with Crippen molar-refractivity contribution < 1.29 is 9.53 Å². The Morgan fingerprint density at radius 1 is 1.11 bits per heavy atom. The molecule has 6 nitrogen and oxygen atoms in total. The summed E-state index contributed by atoms with van der Waals surface area (Å²) < 4.78 is 5.81. The van der Waals surface area contributed by atoms with Crippen molar-refractivity contribution in [3.05, 3.63) is 53.2 Å². The molecule has 1 aromatic carbocycles. The average molecular weight is 477 g/mol. The fourth-order valence-corrected chi connectivity index (χ4v) is 6.73. The molecule has 2 fully saturated rings. The summed E-state index contributed by atoms with van der Waals surface area (Å²) in [5, 5.41) is 0. The molecule has 0 radical (unpaired) electrons. The topological polar surface area (TPSA) is 61.5 Å². The zero-order valence-corrected chi connectivity index (χ0v) is 21.7. The van der Waals surface area contributed by atoms with Crippen LogP contribution >= 0.6 is 0 Å². The highest BCUT2D eigenvalue weighted by Gasteiger charge is 2.37. The molecule has 1 aliphatic heterocycles. The number of hydrogen-bond acceptors (Lipinski definition) is 4. The fourth-order valence-electron chi connectivity index (χ4n) is 6.73. The van der Waals surface area contributed by atoms with Gasteiger partial charge in [-0.1, -0.05) is 32.8 Å². The van der Waals surface area contributed by atoms with Crippen molar-refractivity contribution in [2.45, 2.75) is 90.4 Å². The molecule has 1 N–H and O–H groups in total. The average Bonchev–Trinajstić information content (AvgIpc) is 3.53. The van der Waals surface area contributed by atoms with Gasteiger partial charge in [-0.05, 0) is 74.6 Å². The second-order valence-corrected chi connectivity index (χ2v) is 11.1. The largest absolute Gasteiger partial charge is 0.496 e. The Kier molecular flexibility index (Phi) is 6.90. The van der Waals surface area contributed by atoms with Gasteiger partial charge in [0.1, 0.15) is 5.75 Å². The number of amides is 1. The van der Waals surface area contributed by atoms with Crippen molar-refractivity contribution in [3.63, 3.8) is 0 Å². The van der Waals surface area contributed by atoms with Gasteiger partial charge in [0.05, 0.1) is 36.4 Å².